The van der Waals surface area contributed by atoms with E-state index in [9.17, 15) is 4.39 Å². The van der Waals surface area contributed by atoms with Crippen molar-refractivity contribution in [3.05, 3.63) is 47.5 Å². The maximum atomic E-state index is 13.1. The largest absolute Gasteiger partial charge is 0.492 e. The number of aromatic nitrogens is 2. The first-order valence-corrected chi connectivity index (χ1v) is 6.06. The molecule has 0 saturated heterocycles. The Bertz CT molecular complexity index is 601. The first kappa shape index (κ1) is 13.1. The molecule has 0 fully saturated rings. The van der Waals surface area contributed by atoms with Crippen LogP contribution in [0, 0.1) is 17.1 Å². The number of hydrogen-bond donors (Lipinski definition) is 0. The third-order valence-electron chi connectivity index (χ3n) is 2.72. The zero-order valence-corrected chi connectivity index (χ0v) is 10.6. The van der Waals surface area contributed by atoms with Gasteiger partial charge in [0.2, 0.25) is 0 Å². The molecule has 0 aliphatic heterocycles. The van der Waals surface area contributed by atoms with Crippen LogP contribution in [0.2, 0.25) is 0 Å². The highest BCUT2D eigenvalue weighted by atomic mass is 19.1. The fourth-order valence-corrected chi connectivity index (χ4v) is 1.70. The highest BCUT2D eigenvalue weighted by molar-refractivity contribution is 5.43. The second-order valence-corrected chi connectivity index (χ2v) is 4.06. The molecule has 0 aliphatic rings. The lowest BCUT2D eigenvalue weighted by Crippen LogP contribution is -2.02. The summed E-state index contributed by atoms with van der Waals surface area (Å²) >= 11 is 0. The predicted molar refractivity (Wildman–Crippen MR) is 68.2 cm³/mol. The van der Waals surface area contributed by atoms with Crippen molar-refractivity contribution in [3.8, 4) is 11.8 Å². The number of nitrogens with zero attached hydrogens (tertiary/aromatic N) is 3. The zero-order valence-electron chi connectivity index (χ0n) is 10.6. The maximum Gasteiger partial charge on any atom is 0.139 e. The van der Waals surface area contributed by atoms with Crippen molar-refractivity contribution < 1.29 is 9.13 Å². The molecule has 4 nitrogen and oxygen atoms in total. The Morgan fingerprint density at radius 1 is 1.47 bits per heavy atom. The summed E-state index contributed by atoms with van der Waals surface area (Å²) in [5.41, 5.74) is 1.39. The molecule has 0 spiro atoms. The van der Waals surface area contributed by atoms with Crippen LogP contribution in [0.1, 0.15) is 18.1 Å². The first-order chi connectivity index (χ1) is 9.22. The van der Waals surface area contributed by atoms with Crippen molar-refractivity contribution in [1.82, 2.24) is 9.78 Å². The van der Waals surface area contributed by atoms with Gasteiger partial charge < -0.3 is 4.74 Å². The van der Waals surface area contributed by atoms with Crippen molar-refractivity contribution in [2.45, 2.75) is 19.9 Å². The van der Waals surface area contributed by atoms with Gasteiger partial charge in [-0.1, -0.05) is 0 Å². The predicted octanol–water partition coefficient (Wildman–Crippen LogP) is 2.54. The van der Waals surface area contributed by atoms with Gasteiger partial charge in [0.05, 0.1) is 18.4 Å². The third kappa shape index (κ3) is 3.32. The molecule has 0 saturated carbocycles. The molecule has 0 bridgehead atoms. The van der Waals surface area contributed by atoms with Gasteiger partial charge in [0, 0.05) is 25.2 Å². The van der Waals surface area contributed by atoms with Crippen LogP contribution in [0.3, 0.4) is 0 Å². The molecule has 98 valence electrons. The summed E-state index contributed by atoms with van der Waals surface area (Å²) < 4.78 is 20.4. The molecule has 1 aromatic carbocycles. The van der Waals surface area contributed by atoms with E-state index in [2.05, 4.69) is 5.10 Å². The third-order valence-corrected chi connectivity index (χ3v) is 2.72. The molecule has 0 unspecified atom stereocenters. The van der Waals surface area contributed by atoms with Gasteiger partial charge in [0.25, 0.3) is 0 Å². The van der Waals surface area contributed by atoms with Crippen molar-refractivity contribution in [2.75, 3.05) is 6.61 Å². The Labute approximate surface area is 111 Å². The average molecular weight is 259 g/mol. The fourth-order valence-electron chi connectivity index (χ4n) is 1.70. The summed E-state index contributed by atoms with van der Waals surface area (Å²) in [5.74, 6) is -0.127. The van der Waals surface area contributed by atoms with Crippen molar-refractivity contribution in [1.29, 1.82) is 5.26 Å². The number of halogens is 1. The van der Waals surface area contributed by atoms with E-state index in [0.29, 0.717) is 18.6 Å². The quantitative estimate of drug-likeness (QED) is 0.829. The van der Waals surface area contributed by atoms with Gasteiger partial charge >= 0.3 is 0 Å². The SMILES string of the molecule is CCn1cc(CCOc2cc(F)ccc2C#N)cn1. The summed E-state index contributed by atoms with van der Waals surface area (Å²) in [6.07, 6.45) is 4.39. The molecular weight excluding hydrogens is 245 g/mol. The van der Waals surface area contributed by atoms with Gasteiger partial charge in [0.1, 0.15) is 17.6 Å². The monoisotopic (exact) mass is 259 g/mol. The Hall–Kier alpha value is -2.35. The standard InChI is InChI=1S/C14H14FN3O/c1-2-18-10-11(9-17-18)5-6-19-14-7-13(15)4-3-12(14)8-16/h3-4,7,9-10H,2,5-6H2,1H3. The highest BCUT2D eigenvalue weighted by Crippen LogP contribution is 2.19. The normalized spacial score (nSPS) is 10.2. The van der Waals surface area contributed by atoms with E-state index >= 15 is 0 Å². The van der Waals surface area contributed by atoms with Crippen LogP contribution in [0.25, 0.3) is 0 Å². The second-order valence-electron chi connectivity index (χ2n) is 4.06. The van der Waals surface area contributed by atoms with Gasteiger partial charge in [-0.05, 0) is 24.6 Å². The van der Waals surface area contributed by atoms with Crippen LogP contribution in [0.4, 0.5) is 4.39 Å². The summed E-state index contributed by atoms with van der Waals surface area (Å²) in [5, 5.41) is 13.1. The molecular formula is C14H14FN3O. The molecule has 0 aliphatic carbocycles. The molecule has 0 radical (unpaired) electrons. The number of rotatable bonds is 5. The number of benzene rings is 1. The number of ether oxygens (including phenoxy) is 1. The van der Waals surface area contributed by atoms with E-state index in [1.807, 2.05) is 23.9 Å². The molecule has 1 aromatic heterocycles. The Kier molecular flexibility index (Phi) is 4.14. The van der Waals surface area contributed by atoms with E-state index in [4.69, 9.17) is 10.00 Å². The van der Waals surface area contributed by atoms with Crippen LogP contribution in [-0.4, -0.2) is 16.4 Å². The molecule has 5 heteroatoms. The first-order valence-electron chi connectivity index (χ1n) is 6.06. The van der Waals surface area contributed by atoms with E-state index in [0.717, 1.165) is 12.1 Å². The summed E-state index contributed by atoms with van der Waals surface area (Å²) in [4.78, 5) is 0. The van der Waals surface area contributed by atoms with Crippen LogP contribution in [0.15, 0.2) is 30.6 Å². The van der Waals surface area contributed by atoms with Gasteiger partial charge in [-0.3, -0.25) is 4.68 Å². The average Bonchev–Trinajstić information content (AvgIpc) is 2.87. The van der Waals surface area contributed by atoms with Crippen LogP contribution in [-0.2, 0) is 13.0 Å². The molecule has 1 heterocycles. The van der Waals surface area contributed by atoms with Gasteiger partial charge in [-0.15, -0.1) is 0 Å². The van der Waals surface area contributed by atoms with Crippen molar-refractivity contribution in [2.24, 2.45) is 0 Å². The Balaban J connectivity index is 1.95. The van der Waals surface area contributed by atoms with Crippen LogP contribution >= 0.6 is 0 Å². The fraction of sp³-hybridized carbons (Fsp3) is 0.286. The molecule has 2 rings (SSSR count). The smallest absolute Gasteiger partial charge is 0.139 e. The van der Waals surface area contributed by atoms with Crippen molar-refractivity contribution in [3.63, 3.8) is 0 Å². The molecule has 0 atom stereocenters. The Morgan fingerprint density at radius 3 is 3.00 bits per heavy atom. The minimum Gasteiger partial charge on any atom is -0.492 e. The molecule has 2 aromatic rings. The minimum atomic E-state index is -0.409. The second kappa shape index (κ2) is 6.01. The molecule has 0 N–H and O–H groups in total. The van der Waals surface area contributed by atoms with Crippen molar-refractivity contribution >= 4 is 0 Å². The number of hydrogen-bond acceptors (Lipinski definition) is 3. The lowest BCUT2D eigenvalue weighted by Gasteiger charge is -2.06. The zero-order chi connectivity index (χ0) is 13.7. The molecule has 19 heavy (non-hydrogen) atoms. The van der Waals surface area contributed by atoms with Gasteiger partial charge in [0.15, 0.2) is 0 Å². The maximum absolute atomic E-state index is 13.1. The highest BCUT2D eigenvalue weighted by Gasteiger charge is 2.05. The Morgan fingerprint density at radius 2 is 2.32 bits per heavy atom. The summed E-state index contributed by atoms with van der Waals surface area (Å²) in [7, 11) is 0. The molecule has 0 amide bonds. The number of nitriles is 1. The van der Waals surface area contributed by atoms with E-state index in [1.54, 1.807) is 6.20 Å². The minimum absolute atomic E-state index is 0.283. The topological polar surface area (TPSA) is 50.8 Å². The van der Waals surface area contributed by atoms with E-state index in [1.165, 1.54) is 18.2 Å². The summed E-state index contributed by atoms with van der Waals surface area (Å²) in [6.45, 7) is 3.22. The lowest BCUT2D eigenvalue weighted by atomic mass is 10.2. The van der Waals surface area contributed by atoms with Crippen LogP contribution < -0.4 is 4.74 Å². The number of aryl methyl sites for hydroxylation is 1. The summed E-state index contributed by atoms with van der Waals surface area (Å²) in [6, 6.07) is 5.87. The lowest BCUT2D eigenvalue weighted by molar-refractivity contribution is 0.319. The van der Waals surface area contributed by atoms with Crippen LogP contribution in [0.5, 0.6) is 5.75 Å². The van der Waals surface area contributed by atoms with E-state index < -0.39 is 5.82 Å². The van der Waals surface area contributed by atoms with Gasteiger partial charge in [-0.2, -0.15) is 10.4 Å². The van der Waals surface area contributed by atoms with E-state index in [-0.39, 0.29) is 5.75 Å². The van der Waals surface area contributed by atoms with Gasteiger partial charge in [-0.25, -0.2) is 4.39 Å².